The molecule has 9 heteroatoms. The summed E-state index contributed by atoms with van der Waals surface area (Å²) in [6.45, 7) is 0. The molecule has 3 rings (SSSR count). The van der Waals surface area contributed by atoms with E-state index in [0.29, 0.717) is 5.56 Å². The molecular formula is C21H14ClN3O5. The predicted molar refractivity (Wildman–Crippen MR) is 111 cm³/mol. The van der Waals surface area contributed by atoms with Gasteiger partial charge in [-0.2, -0.15) is 5.10 Å². The van der Waals surface area contributed by atoms with Gasteiger partial charge in [0.15, 0.2) is 0 Å². The van der Waals surface area contributed by atoms with Gasteiger partial charge in [0.05, 0.1) is 21.7 Å². The van der Waals surface area contributed by atoms with Crippen LogP contribution in [0.5, 0.6) is 5.75 Å². The molecule has 0 heterocycles. The summed E-state index contributed by atoms with van der Waals surface area (Å²) in [6.07, 6.45) is 1.35. The third-order valence-electron chi connectivity index (χ3n) is 3.86. The number of nitro groups is 1. The summed E-state index contributed by atoms with van der Waals surface area (Å²) in [5, 5.41) is 14.9. The Morgan fingerprint density at radius 2 is 1.80 bits per heavy atom. The smallest absolute Gasteiger partial charge is 0.345 e. The predicted octanol–water partition coefficient (Wildman–Crippen LogP) is 4.23. The first-order valence-corrected chi connectivity index (χ1v) is 8.96. The average Bonchev–Trinajstić information content (AvgIpc) is 2.74. The molecule has 0 fully saturated rings. The number of nitro benzene ring substituents is 1. The lowest BCUT2D eigenvalue weighted by atomic mass is 10.2. The number of ether oxygens (including phenoxy) is 1. The Labute approximate surface area is 175 Å². The van der Waals surface area contributed by atoms with Gasteiger partial charge in [-0.1, -0.05) is 41.9 Å². The minimum absolute atomic E-state index is 0.101. The van der Waals surface area contributed by atoms with Crippen molar-refractivity contribution in [3.63, 3.8) is 0 Å². The van der Waals surface area contributed by atoms with Crippen molar-refractivity contribution < 1.29 is 19.2 Å². The number of hydrazone groups is 1. The third-order valence-corrected chi connectivity index (χ3v) is 4.19. The largest absolute Gasteiger partial charge is 0.423 e. The van der Waals surface area contributed by atoms with Crippen LogP contribution in [0.1, 0.15) is 26.3 Å². The average molecular weight is 424 g/mol. The van der Waals surface area contributed by atoms with Crippen molar-refractivity contribution in [1.29, 1.82) is 0 Å². The van der Waals surface area contributed by atoms with Crippen LogP contribution in [0.25, 0.3) is 0 Å². The zero-order chi connectivity index (χ0) is 21.5. The van der Waals surface area contributed by atoms with Crippen molar-refractivity contribution in [3.05, 3.63) is 105 Å². The molecule has 0 spiro atoms. The lowest BCUT2D eigenvalue weighted by Crippen LogP contribution is -2.17. The van der Waals surface area contributed by atoms with Gasteiger partial charge in [0.25, 0.3) is 11.6 Å². The molecule has 0 radical (unpaired) electrons. The van der Waals surface area contributed by atoms with Gasteiger partial charge in [-0.05, 0) is 35.9 Å². The van der Waals surface area contributed by atoms with Gasteiger partial charge in [-0.15, -0.1) is 0 Å². The number of carbonyl (C=O) groups excluding carboxylic acids is 2. The molecule has 1 amide bonds. The summed E-state index contributed by atoms with van der Waals surface area (Å²) in [5.74, 6) is -0.932. The maximum Gasteiger partial charge on any atom is 0.345 e. The highest BCUT2D eigenvalue weighted by Gasteiger charge is 2.13. The highest BCUT2D eigenvalue weighted by Crippen LogP contribution is 2.19. The van der Waals surface area contributed by atoms with E-state index in [2.05, 4.69) is 10.5 Å². The minimum Gasteiger partial charge on any atom is -0.423 e. The van der Waals surface area contributed by atoms with Crippen molar-refractivity contribution in [2.24, 2.45) is 5.10 Å². The molecule has 150 valence electrons. The second kappa shape index (κ2) is 9.44. The lowest BCUT2D eigenvalue weighted by Gasteiger charge is -2.06. The number of halogens is 1. The first-order valence-electron chi connectivity index (χ1n) is 8.58. The van der Waals surface area contributed by atoms with E-state index in [0.717, 1.165) is 6.07 Å². The topological polar surface area (TPSA) is 111 Å². The second-order valence-electron chi connectivity index (χ2n) is 5.95. The van der Waals surface area contributed by atoms with E-state index in [1.165, 1.54) is 24.4 Å². The van der Waals surface area contributed by atoms with Crippen LogP contribution in [0.4, 0.5) is 5.69 Å². The zero-order valence-electron chi connectivity index (χ0n) is 15.3. The van der Waals surface area contributed by atoms with Gasteiger partial charge >= 0.3 is 5.97 Å². The molecule has 0 saturated carbocycles. The minimum atomic E-state index is -0.603. The van der Waals surface area contributed by atoms with Crippen molar-refractivity contribution >= 4 is 35.4 Å². The van der Waals surface area contributed by atoms with Crippen LogP contribution in [-0.2, 0) is 0 Å². The van der Waals surface area contributed by atoms with E-state index in [1.54, 1.807) is 48.5 Å². The summed E-state index contributed by atoms with van der Waals surface area (Å²) in [7, 11) is 0. The highest BCUT2D eigenvalue weighted by molar-refractivity contribution is 6.33. The Morgan fingerprint density at radius 1 is 1.03 bits per heavy atom. The van der Waals surface area contributed by atoms with Crippen LogP contribution in [-0.4, -0.2) is 23.0 Å². The van der Waals surface area contributed by atoms with Crippen LogP contribution in [0.15, 0.2) is 77.9 Å². The maximum atomic E-state index is 12.2. The van der Waals surface area contributed by atoms with E-state index in [-0.39, 0.29) is 27.6 Å². The first-order chi connectivity index (χ1) is 14.4. The second-order valence-corrected chi connectivity index (χ2v) is 6.36. The molecule has 0 unspecified atom stereocenters. The SMILES string of the molecule is O=C(NN=Cc1cccc(OC(=O)c2ccccc2Cl)c1)c1cccc([N+](=O)[O-])c1. The maximum absolute atomic E-state index is 12.2. The Kier molecular flexibility index (Phi) is 6.51. The summed E-state index contributed by atoms with van der Waals surface area (Å²) >= 11 is 5.99. The molecule has 0 saturated heterocycles. The lowest BCUT2D eigenvalue weighted by molar-refractivity contribution is -0.384. The summed E-state index contributed by atoms with van der Waals surface area (Å²) < 4.78 is 5.32. The number of benzene rings is 3. The molecule has 0 aliphatic heterocycles. The van der Waals surface area contributed by atoms with Crippen molar-refractivity contribution in [1.82, 2.24) is 5.43 Å². The van der Waals surface area contributed by atoms with Crippen LogP contribution < -0.4 is 10.2 Å². The molecule has 0 aliphatic carbocycles. The molecule has 3 aromatic carbocycles. The zero-order valence-corrected chi connectivity index (χ0v) is 16.1. The number of nitrogens with zero attached hydrogens (tertiary/aromatic N) is 2. The number of amides is 1. The Hall–Kier alpha value is -4.04. The number of carbonyl (C=O) groups is 2. The van der Waals surface area contributed by atoms with Crippen LogP contribution >= 0.6 is 11.6 Å². The summed E-state index contributed by atoms with van der Waals surface area (Å²) in [5.41, 5.74) is 2.99. The van der Waals surface area contributed by atoms with Crippen LogP contribution in [0.2, 0.25) is 5.02 Å². The standard InChI is InChI=1S/C21H14ClN3O5/c22-19-10-2-1-9-18(19)21(27)30-17-8-3-5-14(11-17)13-23-24-20(26)15-6-4-7-16(12-15)25(28)29/h1-13H,(H,24,26). The van der Waals surface area contributed by atoms with E-state index in [9.17, 15) is 19.7 Å². The summed E-state index contributed by atoms with van der Waals surface area (Å²) in [4.78, 5) is 34.5. The van der Waals surface area contributed by atoms with Gasteiger partial charge in [-0.25, -0.2) is 10.2 Å². The van der Waals surface area contributed by atoms with E-state index < -0.39 is 16.8 Å². The molecule has 0 bridgehead atoms. The van der Waals surface area contributed by atoms with Crippen LogP contribution in [0.3, 0.4) is 0 Å². The number of non-ortho nitro benzene ring substituents is 1. The summed E-state index contributed by atoms with van der Waals surface area (Å²) in [6, 6.07) is 18.3. The molecule has 0 atom stereocenters. The van der Waals surface area contributed by atoms with Crippen molar-refractivity contribution in [3.8, 4) is 5.75 Å². The first kappa shape index (κ1) is 20.7. The van der Waals surface area contributed by atoms with Gasteiger partial charge in [-0.3, -0.25) is 14.9 Å². The van der Waals surface area contributed by atoms with Gasteiger partial charge in [0.1, 0.15) is 5.75 Å². The third kappa shape index (κ3) is 5.27. The van der Waals surface area contributed by atoms with Gasteiger partial charge < -0.3 is 4.74 Å². The Balaban J connectivity index is 1.65. The Morgan fingerprint density at radius 3 is 2.57 bits per heavy atom. The number of esters is 1. The van der Waals surface area contributed by atoms with E-state index >= 15 is 0 Å². The van der Waals surface area contributed by atoms with E-state index in [1.807, 2.05) is 0 Å². The molecule has 8 nitrogen and oxygen atoms in total. The molecule has 3 aromatic rings. The number of hydrogen-bond donors (Lipinski definition) is 1. The van der Waals surface area contributed by atoms with E-state index in [4.69, 9.17) is 16.3 Å². The van der Waals surface area contributed by atoms with Gasteiger partial charge in [0, 0.05) is 17.7 Å². The molecule has 30 heavy (non-hydrogen) atoms. The fraction of sp³-hybridized carbons (Fsp3) is 0. The number of hydrogen-bond acceptors (Lipinski definition) is 6. The number of nitrogens with one attached hydrogen (secondary N) is 1. The monoisotopic (exact) mass is 423 g/mol. The number of rotatable bonds is 6. The molecule has 1 N–H and O–H groups in total. The highest BCUT2D eigenvalue weighted by atomic mass is 35.5. The van der Waals surface area contributed by atoms with Crippen molar-refractivity contribution in [2.75, 3.05) is 0 Å². The van der Waals surface area contributed by atoms with Gasteiger partial charge in [0.2, 0.25) is 0 Å². The molecule has 0 aliphatic rings. The van der Waals surface area contributed by atoms with Crippen LogP contribution in [0, 0.1) is 10.1 Å². The molecule has 0 aromatic heterocycles. The fourth-order valence-electron chi connectivity index (χ4n) is 2.44. The Bertz CT molecular complexity index is 1150. The van der Waals surface area contributed by atoms with Crippen molar-refractivity contribution in [2.45, 2.75) is 0 Å². The quantitative estimate of drug-likeness (QED) is 0.210. The fourth-order valence-corrected chi connectivity index (χ4v) is 2.65. The normalized spacial score (nSPS) is 10.6. The molecular weight excluding hydrogens is 410 g/mol.